The molecule has 1 heterocycles. The molecule has 0 aliphatic heterocycles. The molecule has 0 N–H and O–H groups in total. The van der Waals surface area contributed by atoms with Crippen molar-refractivity contribution in [3.8, 4) is 5.75 Å². The van der Waals surface area contributed by atoms with Crippen LogP contribution < -0.4 is 4.74 Å². The van der Waals surface area contributed by atoms with Crippen molar-refractivity contribution in [2.45, 2.75) is 0 Å². The first kappa shape index (κ1) is 17.0. The number of carbonyl (C=O) groups excluding carboxylic acids is 2. The molecule has 122 valence electrons. The number of amides is 1. The number of halogens is 1. The van der Waals surface area contributed by atoms with Crippen molar-refractivity contribution in [1.29, 1.82) is 0 Å². The molecule has 0 saturated carbocycles. The van der Waals surface area contributed by atoms with Crippen LogP contribution in [-0.4, -0.2) is 44.1 Å². The van der Waals surface area contributed by atoms with E-state index in [1.807, 2.05) is 0 Å². The third-order valence-corrected chi connectivity index (χ3v) is 4.12. The Hall–Kier alpha value is -2.41. The molecular formula is C16H16FNO4S. The summed E-state index contributed by atoms with van der Waals surface area (Å²) < 4.78 is 23.3. The van der Waals surface area contributed by atoms with Gasteiger partial charge in [-0.3, -0.25) is 4.79 Å². The number of rotatable bonds is 6. The molecule has 2 rings (SSSR count). The fourth-order valence-corrected chi connectivity index (χ4v) is 2.73. The first-order valence-electron chi connectivity index (χ1n) is 6.84. The van der Waals surface area contributed by atoms with Gasteiger partial charge >= 0.3 is 5.97 Å². The second kappa shape index (κ2) is 7.73. The van der Waals surface area contributed by atoms with Gasteiger partial charge in [0.1, 0.15) is 11.5 Å². The highest BCUT2D eigenvalue weighted by atomic mass is 32.1. The zero-order valence-electron chi connectivity index (χ0n) is 12.7. The van der Waals surface area contributed by atoms with E-state index in [0.717, 1.165) is 11.3 Å². The van der Waals surface area contributed by atoms with Crippen molar-refractivity contribution in [3.05, 3.63) is 52.0 Å². The molecule has 0 unspecified atom stereocenters. The van der Waals surface area contributed by atoms with E-state index >= 15 is 0 Å². The van der Waals surface area contributed by atoms with Gasteiger partial charge in [0.25, 0.3) is 5.91 Å². The zero-order valence-corrected chi connectivity index (χ0v) is 13.6. The molecule has 0 saturated heterocycles. The van der Waals surface area contributed by atoms with Crippen molar-refractivity contribution >= 4 is 23.2 Å². The van der Waals surface area contributed by atoms with Gasteiger partial charge in [0, 0.05) is 7.05 Å². The van der Waals surface area contributed by atoms with Crippen LogP contribution in [0.15, 0.2) is 36.4 Å². The van der Waals surface area contributed by atoms with Gasteiger partial charge in [0.05, 0.1) is 18.5 Å². The SMILES string of the molecule is COC(=O)c1ccc(C(=O)N(C)CCOc2ccccc2F)s1. The van der Waals surface area contributed by atoms with Crippen LogP contribution in [0.5, 0.6) is 5.75 Å². The second-order valence-electron chi connectivity index (χ2n) is 4.66. The van der Waals surface area contributed by atoms with Crippen molar-refractivity contribution < 1.29 is 23.5 Å². The van der Waals surface area contributed by atoms with Crippen LogP contribution in [0, 0.1) is 5.82 Å². The summed E-state index contributed by atoms with van der Waals surface area (Å²) in [5, 5.41) is 0. The number of methoxy groups -OCH3 is 1. The fourth-order valence-electron chi connectivity index (χ4n) is 1.81. The topological polar surface area (TPSA) is 55.8 Å². The molecule has 5 nitrogen and oxygen atoms in total. The lowest BCUT2D eigenvalue weighted by atomic mass is 10.3. The molecule has 1 amide bonds. The van der Waals surface area contributed by atoms with Crippen LogP contribution in [0.3, 0.4) is 0 Å². The lowest BCUT2D eigenvalue weighted by Gasteiger charge is -2.16. The number of benzene rings is 1. The number of ether oxygens (including phenoxy) is 2. The van der Waals surface area contributed by atoms with E-state index in [2.05, 4.69) is 4.74 Å². The zero-order chi connectivity index (χ0) is 16.8. The van der Waals surface area contributed by atoms with E-state index in [1.165, 1.54) is 24.1 Å². The number of esters is 1. The van der Waals surface area contributed by atoms with Gasteiger partial charge in [-0.2, -0.15) is 0 Å². The molecule has 1 aromatic heterocycles. The molecule has 0 aliphatic carbocycles. The van der Waals surface area contributed by atoms with E-state index in [4.69, 9.17) is 4.74 Å². The monoisotopic (exact) mass is 337 g/mol. The molecule has 0 fully saturated rings. The Morgan fingerprint density at radius 3 is 2.57 bits per heavy atom. The van der Waals surface area contributed by atoms with Crippen molar-refractivity contribution in [2.75, 3.05) is 27.3 Å². The first-order valence-corrected chi connectivity index (χ1v) is 7.65. The second-order valence-corrected chi connectivity index (χ2v) is 5.74. The number of thiophene rings is 1. The Labute approximate surface area is 137 Å². The summed E-state index contributed by atoms with van der Waals surface area (Å²) in [6.07, 6.45) is 0. The Morgan fingerprint density at radius 1 is 1.17 bits per heavy atom. The standard InChI is InChI=1S/C16H16FNO4S/c1-18(9-10-22-12-6-4-3-5-11(12)17)15(19)13-7-8-14(23-13)16(20)21-2/h3-8H,9-10H2,1-2H3. The Bertz CT molecular complexity index is 701. The first-order chi connectivity index (χ1) is 11.0. The number of hydrogen-bond donors (Lipinski definition) is 0. The van der Waals surface area contributed by atoms with Crippen LogP contribution >= 0.6 is 11.3 Å². The highest BCUT2D eigenvalue weighted by molar-refractivity contribution is 7.15. The van der Waals surface area contributed by atoms with E-state index in [1.54, 1.807) is 31.3 Å². The maximum Gasteiger partial charge on any atom is 0.348 e. The molecule has 0 aliphatic rings. The average molecular weight is 337 g/mol. The van der Waals surface area contributed by atoms with Gasteiger partial charge in [-0.1, -0.05) is 12.1 Å². The third kappa shape index (κ3) is 4.29. The highest BCUT2D eigenvalue weighted by Gasteiger charge is 2.17. The smallest absolute Gasteiger partial charge is 0.348 e. The number of hydrogen-bond acceptors (Lipinski definition) is 5. The maximum atomic E-state index is 13.4. The largest absolute Gasteiger partial charge is 0.489 e. The quantitative estimate of drug-likeness (QED) is 0.761. The molecular weight excluding hydrogens is 321 g/mol. The van der Waals surface area contributed by atoms with E-state index in [-0.39, 0.29) is 18.3 Å². The Kier molecular flexibility index (Phi) is 5.70. The number of nitrogens with zero attached hydrogens (tertiary/aromatic N) is 1. The summed E-state index contributed by atoms with van der Waals surface area (Å²) in [4.78, 5) is 25.9. The molecule has 7 heteroatoms. The molecule has 2 aromatic rings. The maximum absolute atomic E-state index is 13.4. The molecule has 0 bridgehead atoms. The lowest BCUT2D eigenvalue weighted by molar-refractivity contribution is 0.0606. The van der Waals surface area contributed by atoms with Crippen molar-refractivity contribution in [1.82, 2.24) is 4.90 Å². The van der Waals surface area contributed by atoms with Crippen molar-refractivity contribution in [3.63, 3.8) is 0 Å². The minimum absolute atomic E-state index is 0.150. The Morgan fingerprint density at radius 2 is 1.87 bits per heavy atom. The Balaban J connectivity index is 1.89. The van der Waals surface area contributed by atoms with Crippen LogP contribution in [0.2, 0.25) is 0 Å². The summed E-state index contributed by atoms with van der Waals surface area (Å²) in [5.41, 5.74) is 0. The van der Waals surface area contributed by atoms with Crippen LogP contribution in [0.1, 0.15) is 19.3 Å². The molecule has 1 aromatic carbocycles. The van der Waals surface area contributed by atoms with E-state index in [0.29, 0.717) is 16.3 Å². The summed E-state index contributed by atoms with van der Waals surface area (Å²) >= 11 is 1.07. The minimum Gasteiger partial charge on any atom is -0.489 e. The third-order valence-electron chi connectivity index (χ3n) is 3.07. The van der Waals surface area contributed by atoms with Gasteiger partial charge in [-0.15, -0.1) is 11.3 Å². The van der Waals surface area contributed by atoms with Crippen molar-refractivity contribution in [2.24, 2.45) is 0 Å². The molecule has 0 spiro atoms. The summed E-state index contributed by atoms with van der Waals surface area (Å²) in [6.45, 7) is 0.455. The van der Waals surface area contributed by atoms with Gasteiger partial charge in [0.2, 0.25) is 0 Å². The van der Waals surface area contributed by atoms with Crippen LogP contribution in [-0.2, 0) is 4.74 Å². The molecule has 0 atom stereocenters. The lowest BCUT2D eigenvalue weighted by Crippen LogP contribution is -2.30. The average Bonchev–Trinajstić information content (AvgIpc) is 3.05. The molecule has 23 heavy (non-hydrogen) atoms. The number of likely N-dealkylation sites (N-methyl/N-ethyl adjacent to an activating group) is 1. The van der Waals surface area contributed by atoms with Crippen LogP contribution in [0.25, 0.3) is 0 Å². The molecule has 0 radical (unpaired) electrons. The van der Waals surface area contributed by atoms with Gasteiger partial charge in [0.15, 0.2) is 11.6 Å². The summed E-state index contributed by atoms with van der Waals surface area (Å²) in [6, 6.07) is 9.21. The summed E-state index contributed by atoms with van der Waals surface area (Å²) in [7, 11) is 2.90. The highest BCUT2D eigenvalue weighted by Crippen LogP contribution is 2.19. The van der Waals surface area contributed by atoms with Gasteiger partial charge in [-0.25, -0.2) is 9.18 Å². The van der Waals surface area contributed by atoms with Gasteiger partial charge in [-0.05, 0) is 24.3 Å². The summed E-state index contributed by atoms with van der Waals surface area (Å²) in [5.74, 6) is -0.998. The van der Waals surface area contributed by atoms with E-state index in [9.17, 15) is 14.0 Å². The predicted octanol–water partition coefficient (Wildman–Crippen LogP) is 2.82. The number of para-hydroxylation sites is 1. The normalized spacial score (nSPS) is 10.2. The fraction of sp³-hybridized carbons (Fsp3) is 0.250. The predicted molar refractivity (Wildman–Crippen MR) is 84.5 cm³/mol. The van der Waals surface area contributed by atoms with Gasteiger partial charge < -0.3 is 14.4 Å². The van der Waals surface area contributed by atoms with Crippen LogP contribution in [0.4, 0.5) is 4.39 Å². The number of carbonyl (C=O) groups is 2. The van der Waals surface area contributed by atoms with E-state index < -0.39 is 11.8 Å². The minimum atomic E-state index is -0.473.